The summed E-state index contributed by atoms with van der Waals surface area (Å²) in [5.41, 5.74) is 0. The summed E-state index contributed by atoms with van der Waals surface area (Å²) < 4.78 is 4.43. The van der Waals surface area contributed by atoms with Gasteiger partial charge in [0, 0.05) is 0 Å². The monoisotopic (exact) mass is 138 g/mol. The molecular formula is C3H12BO3P. The number of rotatable bonds is 2. The summed E-state index contributed by atoms with van der Waals surface area (Å²) in [4.78, 5) is 16.2. The molecule has 0 bridgehead atoms. The number of hydrogen-bond donors (Lipinski definition) is 2. The first kappa shape index (κ1) is 11.2. The molecule has 0 saturated carbocycles. The molecule has 8 heavy (non-hydrogen) atoms. The lowest BCUT2D eigenvalue weighted by Gasteiger charge is -2.04. The van der Waals surface area contributed by atoms with Crippen molar-refractivity contribution in [1.82, 2.24) is 0 Å². The third-order valence-corrected chi connectivity index (χ3v) is 0.915. The van der Waals surface area contributed by atoms with E-state index in [0.717, 1.165) is 0 Å². The molecular weight excluding hydrogens is 126 g/mol. The Morgan fingerprint density at radius 3 is 1.75 bits per heavy atom. The van der Waals surface area contributed by atoms with Crippen LogP contribution in [0, 0.1) is 0 Å². The lowest BCUT2D eigenvalue weighted by Crippen LogP contribution is -1.95. The van der Waals surface area contributed by atoms with Crippen molar-refractivity contribution in [3.05, 3.63) is 0 Å². The van der Waals surface area contributed by atoms with Crippen LogP contribution >= 0.6 is 8.60 Å². The van der Waals surface area contributed by atoms with Crippen molar-refractivity contribution in [2.24, 2.45) is 0 Å². The quantitative estimate of drug-likeness (QED) is 0.397. The van der Waals surface area contributed by atoms with Crippen molar-refractivity contribution in [3.63, 3.8) is 0 Å². The topological polar surface area (TPSA) is 49.7 Å². The molecule has 0 aromatic heterocycles. The van der Waals surface area contributed by atoms with Gasteiger partial charge in [-0.2, -0.15) is 0 Å². The normalized spacial score (nSPS) is 9.75. The van der Waals surface area contributed by atoms with Crippen LogP contribution in [0.1, 0.15) is 13.8 Å². The molecule has 0 radical (unpaired) electrons. The van der Waals surface area contributed by atoms with Gasteiger partial charge in [0.25, 0.3) is 0 Å². The van der Waals surface area contributed by atoms with Gasteiger partial charge in [-0.3, -0.25) is 0 Å². The van der Waals surface area contributed by atoms with Crippen LogP contribution in [-0.2, 0) is 4.52 Å². The van der Waals surface area contributed by atoms with Gasteiger partial charge in [0.15, 0.2) is 0 Å². The summed E-state index contributed by atoms with van der Waals surface area (Å²) in [5, 5.41) is 0. The molecule has 0 saturated heterocycles. The Bertz CT molecular complexity index is 43.8. The zero-order valence-corrected chi connectivity index (χ0v) is 5.22. The summed E-state index contributed by atoms with van der Waals surface area (Å²) in [6, 6.07) is 0. The third kappa shape index (κ3) is 9.62. The maximum atomic E-state index is 8.12. The molecule has 50 valence electrons. The Balaban J connectivity index is 0. The van der Waals surface area contributed by atoms with Crippen LogP contribution in [0.3, 0.4) is 0 Å². The average Bonchev–Trinajstić information content (AvgIpc) is 1.27. The molecule has 2 N–H and O–H groups in total. The van der Waals surface area contributed by atoms with E-state index in [1.54, 1.807) is 13.8 Å². The van der Waals surface area contributed by atoms with E-state index in [4.69, 9.17) is 9.79 Å². The standard InChI is InChI=1S/C3H9O3P.BH3/c1-3(2)6-7(4)5;/h3-5H,1-2H3;1H3. The van der Waals surface area contributed by atoms with E-state index in [9.17, 15) is 0 Å². The highest BCUT2D eigenvalue weighted by atomic mass is 31.2. The Kier molecular flexibility index (Phi) is 7.72. The maximum Gasteiger partial charge on any atom is 0.327 e. The smallest absolute Gasteiger partial charge is 0.327 e. The lowest BCUT2D eigenvalue weighted by molar-refractivity contribution is 0.201. The summed E-state index contributed by atoms with van der Waals surface area (Å²) in [7, 11) is -2.14. The van der Waals surface area contributed by atoms with E-state index in [1.807, 2.05) is 0 Å². The van der Waals surface area contributed by atoms with E-state index in [-0.39, 0.29) is 14.5 Å². The van der Waals surface area contributed by atoms with Crippen molar-refractivity contribution in [1.29, 1.82) is 0 Å². The molecule has 0 heterocycles. The number of hydrogen-bond acceptors (Lipinski definition) is 3. The van der Waals surface area contributed by atoms with Gasteiger partial charge in [-0.15, -0.1) is 0 Å². The van der Waals surface area contributed by atoms with Gasteiger partial charge in [0.2, 0.25) is 0 Å². The maximum absolute atomic E-state index is 8.12. The van der Waals surface area contributed by atoms with E-state index < -0.39 is 8.60 Å². The highest BCUT2D eigenvalue weighted by molar-refractivity contribution is 7.39. The first-order valence-electron chi connectivity index (χ1n) is 1.97. The molecule has 0 fully saturated rings. The van der Waals surface area contributed by atoms with E-state index >= 15 is 0 Å². The van der Waals surface area contributed by atoms with Crippen LogP contribution in [0.25, 0.3) is 0 Å². The molecule has 0 atom stereocenters. The van der Waals surface area contributed by atoms with Gasteiger partial charge < -0.3 is 14.3 Å². The zero-order valence-electron chi connectivity index (χ0n) is 4.33. The van der Waals surface area contributed by atoms with Gasteiger partial charge in [0.05, 0.1) is 14.5 Å². The molecule has 0 spiro atoms. The van der Waals surface area contributed by atoms with E-state index in [1.165, 1.54) is 0 Å². The summed E-state index contributed by atoms with van der Waals surface area (Å²) in [6.07, 6.45) is -0.0962. The molecule has 0 aromatic carbocycles. The minimum absolute atomic E-state index is 0. The van der Waals surface area contributed by atoms with Crippen molar-refractivity contribution in [2.45, 2.75) is 20.0 Å². The fourth-order valence-corrected chi connectivity index (χ4v) is 0.566. The highest BCUT2D eigenvalue weighted by Crippen LogP contribution is 2.25. The van der Waals surface area contributed by atoms with Crippen LogP contribution in [0.2, 0.25) is 0 Å². The van der Waals surface area contributed by atoms with Crippen molar-refractivity contribution in [3.8, 4) is 0 Å². The molecule has 0 unspecified atom stereocenters. The van der Waals surface area contributed by atoms with Gasteiger partial charge in [-0.25, -0.2) is 0 Å². The zero-order chi connectivity index (χ0) is 5.86. The Morgan fingerprint density at radius 1 is 1.38 bits per heavy atom. The fourth-order valence-electron chi connectivity index (χ4n) is 0.189. The summed E-state index contributed by atoms with van der Waals surface area (Å²) in [5.74, 6) is 0. The minimum Gasteiger partial charge on any atom is -0.328 e. The Hall–Kier alpha value is 0.375. The lowest BCUT2D eigenvalue weighted by atomic mass is 10.5. The molecule has 3 nitrogen and oxygen atoms in total. The molecule has 0 rings (SSSR count). The summed E-state index contributed by atoms with van der Waals surface area (Å²) in [6.45, 7) is 3.48. The fraction of sp³-hybridized carbons (Fsp3) is 1.00. The molecule has 0 aliphatic carbocycles. The van der Waals surface area contributed by atoms with Crippen LogP contribution < -0.4 is 0 Å². The van der Waals surface area contributed by atoms with Gasteiger partial charge in [0.1, 0.15) is 0 Å². The van der Waals surface area contributed by atoms with Crippen molar-refractivity contribution >= 4 is 17.0 Å². The third-order valence-electron chi connectivity index (χ3n) is 0.305. The molecule has 0 amide bonds. The van der Waals surface area contributed by atoms with Gasteiger partial charge in [-0.05, 0) is 13.8 Å². The second kappa shape index (κ2) is 5.51. The second-order valence-corrected chi connectivity index (χ2v) is 2.12. The Morgan fingerprint density at radius 2 is 1.75 bits per heavy atom. The SMILES string of the molecule is B.CC(C)OP(O)O. The van der Waals surface area contributed by atoms with Crippen LogP contribution in [0.15, 0.2) is 0 Å². The van der Waals surface area contributed by atoms with Crippen LogP contribution in [-0.4, -0.2) is 24.3 Å². The minimum atomic E-state index is -2.14. The van der Waals surface area contributed by atoms with Crippen molar-refractivity contribution in [2.75, 3.05) is 0 Å². The molecule has 5 heteroatoms. The van der Waals surface area contributed by atoms with Gasteiger partial charge >= 0.3 is 8.60 Å². The predicted molar refractivity (Wildman–Crippen MR) is 37.5 cm³/mol. The van der Waals surface area contributed by atoms with E-state index in [0.29, 0.717) is 0 Å². The highest BCUT2D eigenvalue weighted by Gasteiger charge is 2.00. The molecule has 0 aliphatic rings. The predicted octanol–water partition coefficient (Wildman–Crippen LogP) is -0.561. The molecule has 0 aliphatic heterocycles. The molecule has 0 aromatic rings. The second-order valence-electron chi connectivity index (χ2n) is 1.41. The van der Waals surface area contributed by atoms with Gasteiger partial charge in [-0.1, -0.05) is 0 Å². The summed E-state index contributed by atoms with van der Waals surface area (Å²) >= 11 is 0. The largest absolute Gasteiger partial charge is 0.328 e. The first-order valence-corrected chi connectivity index (χ1v) is 3.14. The Labute approximate surface area is 52.3 Å². The first-order chi connectivity index (χ1) is 3.13. The van der Waals surface area contributed by atoms with Crippen molar-refractivity contribution < 1.29 is 14.3 Å². The van der Waals surface area contributed by atoms with Crippen LogP contribution in [0.5, 0.6) is 0 Å². The van der Waals surface area contributed by atoms with Crippen LogP contribution in [0.4, 0.5) is 0 Å². The van der Waals surface area contributed by atoms with E-state index in [2.05, 4.69) is 4.52 Å². The average molecular weight is 138 g/mol.